The summed E-state index contributed by atoms with van der Waals surface area (Å²) < 4.78 is 0. The van der Waals surface area contributed by atoms with E-state index in [4.69, 9.17) is 5.73 Å². The number of rotatable bonds is 5. The molecular formula is C15H21Cl2N3. The summed E-state index contributed by atoms with van der Waals surface area (Å²) in [6, 6.07) is 14.1. The van der Waals surface area contributed by atoms with E-state index in [1.807, 2.05) is 36.5 Å². The summed E-state index contributed by atoms with van der Waals surface area (Å²) in [5.74, 6) is 0. The monoisotopic (exact) mass is 313 g/mol. The van der Waals surface area contributed by atoms with Crippen LogP contribution in [0.4, 0.5) is 5.69 Å². The topological polar surface area (TPSA) is 42.1 Å². The molecule has 2 N–H and O–H groups in total. The summed E-state index contributed by atoms with van der Waals surface area (Å²) in [5.41, 5.74) is 8.96. The minimum Gasteiger partial charge on any atom is -0.399 e. The Morgan fingerprint density at radius 3 is 2.45 bits per heavy atom. The molecule has 1 aromatic carbocycles. The van der Waals surface area contributed by atoms with Crippen molar-refractivity contribution in [3.8, 4) is 0 Å². The van der Waals surface area contributed by atoms with Crippen LogP contribution < -0.4 is 5.73 Å². The van der Waals surface area contributed by atoms with Gasteiger partial charge in [0, 0.05) is 25.0 Å². The first-order chi connectivity index (χ1) is 8.78. The Morgan fingerprint density at radius 2 is 1.85 bits per heavy atom. The smallest absolute Gasteiger partial charge is 0.0544 e. The minimum atomic E-state index is 0. The van der Waals surface area contributed by atoms with Crippen LogP contribution in [0.1, 0.15) is 18.2 Å². The molecule has 110 valence electrons. The second kappa shape index (κ2) is 9.59. The number of hydrogen-bond acceptors (Lipinski definition) is 3. The van der Waals surface area contributed by atoms with Crippen molar-refractivity contribution >= 4 is 30.5 Å². The van der Waals surface area contributed by atoms with Crippen LogP contribution in [0.25, 0.3) is 0 Å². The lowest BCUT2D eigenvalue weighted by Gasteiger charge is -2.20. The molecule has 0 spiro atoms. The van der Waals surface area contributed by atoms with Gasteiger partial charge in [-0.2, -0.15) is 0 Å². The van der Waals surface area contributed by atoms with Gasteiger partial charge in [-0.1, -0.05) is 25.1 Å². The summed E-state index contributed by atoms with van der Waals surface area (Å²) in [7, 11) is 0. The third kappa shape index (κ3) is 5.78. The van der Waals surface area contributed by atoms with Crippen molar-refractivity contribution in [2.75, 3.05) is 12.3 Å². The summed E-state index contributed by atoms with van der Waals surface area (Å²) in [6.45, 7) is 4.92. The highest BCUT2D eigenvalue weighted by atomic mass is 35.5. The van der Waals surface area contributed by atoms with Crippen molar-refractivity contribution in [3.05, 3.63) is 59.9 Å². The van der Waals surface area contributed by atoms with Crippen molar-refractivity contribution in [1.29, 1.82) is 0 Å². The fourth-order valence-corrected chi connectivity index (χ4v) is 1.95. The van der Waals surface area contributed by atoms with E-state index < -0.39 is 0 Å². The zero-order valence-electron chi connectivity index (χ0n) is 11.5. The molecule has 0 amide bonds. The van der Waals surface area contributed by atoms with E-state index in [2.05, 4.69) is 28.9 Å². The predicted molar refractivity (Wildman–Crippen MR) is 89.4 cm³/mol. The Hall–Kier alpha value is -1.29. The van der Waals surface area contributed by atoms with E-state index in [1.54, 1.807) is 0 Å². The van der Waals surface area contributed by atoms with Crippen LogP contribution in [0.3, 0.4) is 0 Å². The van der Waals surface area contributed by atoms with Crippen LogP contribution >= 0.6 is 24.8 Å². The van der Waals surface area contributed by atoms with Crippen LogP contribution in [-0.2, 0) is 13.1 Å². The molecule has 0 aliphatic rings. The summed E-state index contributed by atoms with van der Waals surface area (Å²) in [6.07, 6.45) is 1.84. The number of hydrogen-bond donors (Lipinski definition) is 1. The van der Waals surface area contributed by atoms with Gasteiger partial charge in [0.15, 0.2) is 0 Å². The van der Waals surface area contributed by atoms with Crippen molar-refractivity contribution < 1.29 is 0 Å². The zero-order valence-corrected chi connectivity index (χ0v) is 13.2. The molecule has 2 aromatic rings. The maximum Gasteiger partial charge on any atom is 0.0544 e. The molecule has 0 aliphatic heterocycles. The number of nitrogens with two attached hydrogens (primary N) is 1. The summed E-state index contributed by atoms with van der Waals surface area (Å²) >= 11 is 0. The van der Waals surface area contributed by atoms with Crippen LogP contribution in [0, 0.1) is 0 Å². The average molecular weight is 314 g/mol. The second-order valence-electron chi connectivity index (χ2n) is 4.37. The van der Waals surface area contributed by atoms with E-state index >= 15 is 0 Å². The maximum absolute atomic E-state index is 5.80. The molecule has 1 heterocycles. The second-order valence-corrected chi connectivity index (χ2v) is 4.37. The van der Waals surface area contributed by atoms with Gasteiger partial charge >= 0.3 is 0 Å². The van der Waals surface area contributed by atoms with Gasteiger partial charge in [-0.15, -0.1) is 24.8 Å². The van der Waals surface area contributed by atoms with Crippen LogP contribution in [0.5, 0.6) is 0 Å². The molecule has 20 heavy (non-hydrogen) atoms. The van der Waals surface area contributed by atoms with E-state index in [0.717, 1.165) is 31.0 Å². The Labute approximate surface area is 133 Å². The molecule has 0 radical (unpaired) electrons. The number of nitrogen functional groups attached to an aromatic ring is 1. The van der Waals surface area contributed by atoms with E-state index in [9.17, 15) is 0 Å². The van der Waals surface area contributed by atoms with Crippen LogP contribution in [0.2, 0.25) is 0 Å². The number of aromatic nitrogens is 1. The molecule has 0 unspecified atom stereocenters. The lowest BCUT2D eigenvalue weighted by Crippen LogP contribution is -2.22. The fraction of sp³-hybridized carbons (Fsp3) is 0.267. The van der Waals surface area contributed by atoms with Crippen molar-refractivity contribution in [2.24, 2.45) is 0 Å². The molecule has 0 atom stereocenters. The third-order valence-electron chi connectivity index (χ3n) is 2.92. The third-order valence-corrected chi connectivity index (χ3v) is 2.92. The largest absolute Gasteiger partial charge is 0.399 e. The number of anilines is 1. The number of nitrogens with zero attached hydrogens (tertiary/aromatic N) is 2. The molecule has 3 nitrogen and oxygen atoms in total. The Kier molecular flexibility index (Phi) is 8.97. The van der Waals surface area contributed by atoms with E-state index in [1.165, 1.54) is 5.56 Å². The van der Waals surface area contributed by atoms with Gasteiger partial charge in [-0.25, -0.2) is 0 Å². The molecule has 0 aliphatic carbocycles. The predicted octanol–water partition coefficient (Wildman–Crippen LogP) is 3.53. The van der Waals surface area contributed by atoms with Crippen molar-refractivity contribution in [3.63, 3.8) is 0 Å². The molecule has 0 saturated heterocycles. The molecular weight excluding hydrogens is 293 g/mol. The highest BCUT2D eigenvalue weighted by Gasteiger charge is 2.05. The highest BCUT2D eigenvalue weighted by Crippen LogP contribution is 2.11. The highest BCUT2D eigenvalue weighted by molar-refractivity contribution is 5.85. The minimum absolute atomic E-state index is 0. The van der Waals surface area contributed by atoms with Crippen molar-refractivity contribution in [2.45, 2.75) is 20.0 Å². The molecule has 0 fully saturated rings. The zero-order chi connectivity index (χ0) is 12.8. The normalized spacial score (nSPS) is 9.70. The van der Waals surface area contributed by atoms with Gasteiger partial charge in [-0.05, 0) is 36.4 Å². The Balaban J connectivity index is 0.00000180. The van der Waals surface area contributed by atoms with Crippen LogP contribution in [-0.4, -0.2) is 16.4 Å². The Morgan fingerprint density at radius 1 is 1.05 bits per heavy atom. The lowest BCUT2D eigenvalue weighted by molar-refractivity contribution is 0.268. The van der Waals surface area contributed by atoms with Gasteiger partial charge in [0.05, 0.1) is 5.69 Å². The van der Waals surface area contributed by atoms with E-state index in [0.29, 0.717) is 0 Å². The first kappa shape index (κ1) is 18.7. The van der Waals surface area contributed by atoms with Gasteiger partial charge < -0.3 is 5.73 Å². The maximum atomic E-state index is 5.80. The lowest BCUT2D eigenvalue weighted by atomic mass is 10.2. The first-order valence-electron chi connectivity index (χ1n) is 6.24. The molecule has 0 saturated carbocycles. The first-order valence-corrected chi connectivity index (χ1v) is 6.24. The number of halogens is 2. The summed E-state index contributed by atoms with van der Waals surface area (Å²) in [4.78, 5) is 6.70. The van der Waals surface area contributed by atoms with Gasteiger partial charge in [0.1, 0.15) is 0 Å². The Bertz CT molecular complexity index is 491. The van der Waals surface area contributed by atoms with Gasteiger partial charge in [0.2, 0.25) is 0 Å². The average Bonchev–Trinajstić information content (AvgIpc) is 2.39. The SMILES string of the molecule is CCN(Cc1cccc(N)c1)Cc1ccccn1.Cl.Cl. The standard InChI is InChI=1S/C15H19N3.2ClH/c1-2-18(12-15-8-3-4-9-17-15)11-13-6-5-7-14(16)10-13;;/h3-10H,2,11-12,16H2,1H3;2*1H. The van der Waals surface area contributed by atoms with Crippen LogP contribution in [0.15, 0.2) is 48.7 Å². The number of pyridine rings is 1. The van der Waals surface area contributed by atoms with Crippen molar-refractivity contribution in [1.82, 2.24) is 9.88 Å². The fourth-order valence-electron chi connectivity index (χ4n) is 1.95. The molecule has 2 rings (SSSR count). The molecule has 0 bridgehead atoms. The number of benzene rings is 1. The quantitative estimate of drug-likeness (QED) is 0.859. The van der Waals surface area contributed by atoms with E-state index in [-0.39, 0.29) is 24.8 Å². The summed E-state index contributed by atoms with van der Waals surface area (Å²) in [5, 5.41) is 0. The molecule has 5 heteroatoms. The van der Waals surface area contributed by atoms with Gasteiger partial charge in [0.25, 0.3) is 0 Å². The van der Waals surface area contributed by atoms with Gasteiger partial charge in [-0.3, -0.25) is 9.88 Å². The molecule has 1 aromatic heterocycles.